The van der Waals surface area contributed by atoms with Crippen LogP contribution in [0.3, 0.4) is 0 Å². The van der Waals surface area contributed by atoms with Gasteiger partial charge in [-0.1, -0.05) is 6.07 Å². The van der Waals surface area contributed by atoms with E-state index in [2.05, 4.69) is 15.4 Å². The highest BCUT2D eigenvalue weighted by Crippen LogP contribution is 2.34. The highest BCUT2D eigenvalue weighted by Gasteiger charge is 2.28. The van der Waals surface area contributed by atoms with Gasteiger partial charge in [0.1, 0.15) is 0 Å². The lowest BCUT2D eigenvalue weighted by Crippen LogP contribution is -2.25. The first-order valence-electron chi connectivity index (χ1n) is 8.72. The van der Waals surface area contributed by atoms with Crippen molar-refractivity contribution in [2.24, 2.45) is 0 Å². The van der Waals surface area contributed by atoms with Gasteiger partial charge in [0.05, 0.1) is 10.8 Å². The van der Waals surface area contributed by atoms with Crippen LogP contribution < -0.4 is 15.4 Å². The van der Waals surface area contributed by atoms with E-state index in [4.69, 9.17) is 0 Å². The van der Waals surface area contributed by atoms with E-state index in [1.54, 1.807) is 31.2 Å². The topological polar surface area (TPSA) is 104 Å². The van der Waals surface area contributed by atoms with Crippen LogP contribution in [0, 0.1) is 0 Å². The van der Waals surface area contributed by atoms with Gasteiger partial charge in [0, 0.05) is 23.0 Å². The minimum atomic E-state index is -3.85. The van der Waals surface area contributed by atoms with Crippen molar-refractivity contribution >= 4 is 33.2 Å². The number of sulfonamides is 1. The van der Waals surface area contributed by atoms with Gasteiger partial charge in [0.2, 0.25) is 5.91 Å². The van der Waals surface area contributed by atoms with Gasteiger partial charge in [-0.05, 0) is 61.7 Å². The van der Waals surface area contributed by atoms with E-state index in [-0.39, 0.29) is 22.8 Å². The molecule has 7 nitrogen and oxygen atoms in total. The Morgan fingerprint density at radius 1 is 1.15 bits per heavy atom. The molecule has 1 heterocycles. The van der Waals surface area contributed by atoms with Gasteiger partial charge in [-0.15, -0.1) is 0 Å². The largest absolute Gasteiger partial charge is 0.349 e. The maximum absolute atomic E-state index is 12.7. The first-order valence-corrected chi connectivity index (χ1v) is 10.2. The van der Waals surface area contributed by atoms with Crippen LogP contribution in [0.4, 0.5) is 11.4 Å². The fourth-order valence-corrected chi connectivity index (χ4v) is 4.08. The van der Waals surface area contributed by atoms with E-state index in [1.165, 1.54) is 18.2 Å². The Morgan fingerprint density at radius 3 is 2.67 bits per heavy atom. The van der Waals surface area contributed by atoms with Crippen LogP contribution in [-0.2, 0) is 14.8 Å². The summed E-state index contributed by atoms with van der Waals surface area (Å²) in [5.41, 5.74) is 1.99. The van der Waals surface area contributed by atoms with Crippen molar-refractivity contribution in [3.63, 3.8) is 0 Å². The molecule has 1 saturated carbocycles. The molecule has 1 aliphatic heterocycles. The van der Waals surface area contributed by atoms with E-state index >= 15 is 0 Å². The monoisotopic (exact) mass is 385 g/mol. The molecule has 0 radical (unpaired) electrons. The minimum absolute atomic E-state index is 0.0671. The molecule has 0 aromatic heterocycles. The Balaban J connectivity index is 1.57. The second kappa shape index (κ2) is 6.38. The summed E-state index contributed by atoms with van der Waals surface area (Å²) in [6.45, 7) is 1.73. The van der Waals surface area contributed by atoms with Crippen LogP contribution in [0.2, 0.25) is 0 Å². The van der Waals surface area contributed by atoms with Gasteiger partial charge in [-0.2, -0.15) is 0 Å². The third-order valence-electron chi connectivity index (χ3n) is 4.74. The summed E-state index contributed by atoms with van der Waals surface area (Å²) in [5.74, 6) is -0.763. The molecule has 4 rings (SSSR count). The fraction of sp³-hybridized carbons (Fsp3) is 0.263. The molecule has 1 unspecified atom stereocenters. The Hall–Kier alpha value is -2.87. The smallest absolute Gasteiger partial charge is 0.261 e. The Labute approximate surface area is 157 Å². The minimum Gasteiger partial charge on any atom is -0.349 e. The second-order valence-corrected chi connectivity index (χ2v) is 8.58. The summed E-state index contributed by atoms with van der Waals surface area (Å²) in [7, 11) is -3.85. The van der Waals surface area contributed by atoms with Crippen LogP contribution in [0.15, 0.2) is 47.4 Å². The Bertz CT molecular complexity index is 1040. The van der Waals surface area contributed by atoms with Crippen molar-refractivity contribution in [2.45, 2.75) is 36.6 Å². The van der Waals surface area contributed by atoms with E-state index in [9.17, 15) is 18.0 Å². The number of nitrogens with one attached hydrogen (secondary N) is 3. The molecule has 1 aliphatic carbocycles. The van der Waals surface area contributed by atoms with Gasteiger partial charge in [-0.25, -0.2) is 8.42 Å². The van der Waals surface area contributed by atoms with Crippen LogP contribution >= 0.6 is 0 Å². The van der Waals surface area contributed by atoms with Crippen molar-refractivity contribution in [3.8, 4) is 0 Å². The van der Waals surface area contributed by atoms with Gasteiger partial charge in [-0.3, -0.25) is 14.3 Å². The molecule has 2 aromatic rings. The predicted molar refractivity (Wildman–Crippen MR) is 101 cm³/mol. The first kappa shape index (κ1) is 17.5. The number of benzene rings is 2. The molecular formula is C19H19N3O4S. The molecule has 0 saturated heterocycles. The third-order valence-corrected chi connectivity index (χ3v) is 6.12. The molecule has 2 amide bonds. The van der Waals surface area contributed by atoms with Crippen LogP contribution in [0.5, 0.6) is 0 Å². The zero-order valence-electron chi connectivity index (χ0n) is 14.7. The summed E-state index contributed by atoms with van der Waals surface area (Å²) in [6.07, 6.45) is 1.96. The second-order valence-electron chi connectivity index (χ2n) is 6.89. The lowest BCUT2D eigenvalue weighted by atomic mass is 10.0. The molecule has 27 heavy (non-hydrogen) atoms. The van der Waals surface area contributed by atoms with Gasteiger partial charge >= 0.3 is 0 Å². The average molecular weight is 385 g/mol. The summed E-state index contributed by atoms with van der Waals surface area (Å²) < 4.78 is 28.0. The van der Waals surface area contributed by atoms with Crippen molar-refractivity contribution in [1.82, 2.24) is 5.32 Å². The maximum Gasteiger partial charge on any atom is 0.261 e. The quantitative estimate of drug-likeness (QED) is 0.735. The standard InChI is InChI=1S/C19H19N3O4S/c1-11-16-10-15(7-8-17(16)21-18(11)23)27(25,26)22-14-4-2-3-12(9-14)19(24)20-13-5-6-13/h2-4,7-11,13,22H,5-6H2,1H3,(H,20,24)(H,21,23). The van der Waals surface area contributed by atoms with Crippen LogP contribution in [0.1, 0.15) is 41.6 Å². The number of carbonyl (C=O) groups excluding carboxylic acids is 2. The number of anilines is 2. The van der Waals surface area contributed by atoms with Crippen molar-refractivity contribution in [1.29, 1.82) is 0 Å². The maximum atomic E-state index is 12.7. The summed E-state index contributed by atoms with van der Waals surface area (Å²) in [4.78, 5) is 24.0. The molecule has 2 aliphatic rings. The number of carbonyl (C=O) groups is 2. The van der Waals surface area contributed by atoms with Crippen molar-refractivity contribution in [2.75, 3.05) is 10.0 Å². The van der Waals surface area contributed by atoms with Crippen LogP contribution in [0.25, 0.3) is 0 Å². The van der Waals surface area contributed by atoms with E-state index in [0.29, 0.717) is 22.5 Å². The van der Waals surface area contributed by atoms with Gasteiger partial charge in [0.15, 0.2) is 0 Å². The normalized spacial score (nSPS) is 18.6. The first-order chi connectivity index (χ1) is 12.8. The highest BCUT2D eigenvalue weighted by molar-refractivity contribution is 7.92. The zero-order valence-corrected chi connectivity index (χ0v) is 15.5. The number of rotatable bonds is 5. The van der Waals surface area contributed by atoms with E-state index < -0.39 is 15.9 Å². The summed E-state index contributed by atoms with van der Waals surface area (Å²) in [5, 5.41) is 5.59. The Morgan fingerprint density at radius 2 is 1.93 bits per heavy atom. The SMILES string of the molecule is CC1C(=O)Nc2ccc(S(=O)(=O)Nc3cccc(C(=O)NC4CC4)c3)cc21. The number of hydrogen-bond donors (Lipinski definition) is 3. The van der Waals surface area contributed by atoms with Crippen LogP contribution in [-0.4, -0.2) is 26.3 Å². The molecule has 3 N–H and O–H groups in total. The molecule has 8 heteroatoms. The fourth-order valence-electron chi connectivity index (χ4n) is 3.00. The van der Waals surface area contributed by atoms with Crippen molar-refractivity contribution in [3.05, 3.63) is 53.6 Å². The third kappa shape index (κ3) is 3.52. The number of hydrogen-bond acceptors (Lipinski definition) is 4. The van der Waals surface area contributed by atoms with Crippen molar-refractivity contribution < 1.29 is 18.0 Å². The number of amides is 2. The molecule has 1 atom stereocenters. The predicted octanol–water partition coefficient (Wildman–Crippen LogP) is 2.44. The highest BCUT2D eigenvalue weighted by atomic mass is 32.2. The lowest BCUT2D eigenvalue weighted by molar-refractivity contribution is -0.116. The van der Waals surface area contributed by atoms with E-state index in [0.717, 1.165) is 12.8 Å². The Kier molecular flexibility index (Phi) is 4.15. The molecule has 2 aromatic carbocycles. The average Bonchev–Trinajstić information content (AvgIpc) is 3.40. The zero-order chi connectivity index (χ0) is 19.2. The van der Waals surface area contributed by atoms with Gasteiger partial charge < -0.3 is 10.6 Å². The number of fused-ring (bicyclic) bond motifs is 1. The molecular weight excluding hydrogens is 366 g/mol. The molecule has 0 bridgehead atoms. The molecule has 1 fully saturated rings. The summed E-state index contributed by atoms with van der Waals surface area (Å²) >= 11 is 0. The molecule has 0 spiro atoms. The molecule has 140 valence electrons. The summed E-state index contributed by atoms with van der Waals surface area (Å²) in [6, 6.07) is 11.1. The van der Waals surface area contributed by atoms with Gasteiger partial charge in [0.25, 0.3) is 15.9 Å². The van der Waals surface area contributed by atoms with E-state index in [1.807, 2.05) is 0 Å². The lowest BCUT2D eigenvalue weighted by Gasteiger charge is -2.11.